The van der Waals surface area contributed by atoms with Crippen LogP contribution in [0.5, 0.6) is 0 Å². The molecule has 0 aliphatic carbocycles. The quantitative estimate of drug-likeness (QED) is 0.273. The first-order valence-corrected chi connectivity index (χ1v) is 9.98. The van der Waals surface area contributed by atoms with Gasteiger partial charge < -0.3 is 0 Å². The van der Waals surface area contributed by atoms with Crippen LogP contribution in [0.1, 0.15) is 76.7 Å². The summed E-state index contributed by atoms with van der Waals surface area (Å²) in [4.78, 5) is 0. The van der Waals surface area contributed by atoms with Crippen molar-refractivity contribution in [2.75, 3.05) is 0 Å². The molecule has 0 heterocycles. The Labute approximate surface area is 170 Å². The second-order valence-corrected chi connectivity index (χ2v) is 6.66. The average Bonchev–Trinajstić information content (AvgIpc) is 2.48. The van der Waals surface area contributed by atoms with E-state index < -0.39 is 10.4 Å². The van der Waals surface area contributed by atoms with Crippen LogP contribution in [-0.4, -0.2) is 17.5 Å². The van der Waals surface area contributed by atoms with E-state index in [9.17, 15) is 0 Å². The van der Waals surface area contributed by atoms with Crippen LogP contribution in [0.25, 0.3) is 0 Å². The maximum Gasteiger partial charge on any atom is 1.00 e. The molecule has 0 amide bonds. The Morgan fingerprint density at radius 1 is 0.875 bits per heavy atom. The molecule has 0 saturated heterocycles. The van der Waals surface area contributed by atoms with Gasteiger partial charge in [-0.15, -0.1) is 0 Å². The standard InChI is InChI=1S/C18H29.Na.H2O4S/c1-2-3-4-5-6-7-8-9-10-12-15-18-16-13-11-14-17-18;;1-5(2,3)4/h11,13-14,16H,2-10,12,15H2,1H3;;(H2,1,2,3,4)/q-1;+1;. The Bertz CT molecular complexity index is 455. The maximum absolute atomic E-state index is 8.74. The summed E-state index contributed by atoms with van der Waals surface area (Å²) in [6, 6.07) is 11.7. The fourth-order valence-electron chi connectivity index (χ4n) is 2.39. The predicted molar refractivity (Wildman–Crippen MR) is 95.0 cm³/mol. The molecule has 6 heteroatoms. The van der Waals surface area contributed by atoms with Crippen molar-refractivity contribution in [3.63, 3.8) is 0 Å². The Balaban J connectivity index is 0. The molecular weight excluding hydrogens is 335 g/mol. The van der Waals surface area contributed by atoms with Crippen LogP contribution in [0.15, 0.2) is 24.3 Å². The van der Waals surface area contributed by atoms with Gasteiger partial charge >= 0.3 is 40.0 Å². The summed E-state index contributed by atoms with van der Waals surface area (Å²) in [5.74, 6) is 0. The normalized spacial score (nSPS) is 10.5. The van der Waals surface area contributed by atoms with Gasteiger partial charge in [0.25, 0.3) is 0 Å². The zero-order chi connectivity index (χ0) is 17.4. The molecule has 0 atom stereocenters. The van der Waals surface area contributed by atoms with Gasteiger partial charge in [0.15, 0.2) is 0 Å². The summed E-state index contributed by atoms with van der Waals surface area (Å²) in [6.07, 6.45) is 15.3. The van der Waals surface area contributed by atoms with Crippen LogP contribution in [-0.2, 0) is 16.8 Å². The van der Waals surface area contributed by atoms with E-state index in [0.717, 1.165) is 0 Å². The van der Waals surface area contributed by atoms with E-state index >= 15 is 0 Å². The van der Waals surface area contributed by atoms with Gasteiger partial charge in [-0.3, -0.25) is 9.11 Å². The second-order valence-electron chi connectivity index (χ2n) is 5.77. The van der Waals surface area contributed by atoms with Crippen LogP contribution in [0.3, 0.4) is 0 Å². The Kier molecular flexibility index (Phi) is 19.6. The summed E-state index contributed by atoms with van der Waals surface area (Å²) < 4.78 is 31.6. The van der Waals surface area contributed by atoms with E-state index in [1.807, 2.05) is 12.1 Å². The summed E-state index contributed by atoms with van der Waals surface area (Å²) in [6.45, 7) is 2.28. The van der Waals surface area contributed by atoms with Gasteiger partial charge in [0.1, 0.15) is 0 Å². The van der Waals surface area contributed by atoms with Gasteiger partial charge in [0, 0.05) is 0 Å². The molecule has 4 nitrogen and oxygen atoms in total. The third kappa shape index (κ3) is 24.3. The molecule has 0 aliphatic rings. The molecule has 0 aliphatic heterocycles. The summed E-state index contributed by atoms with van der Waals surface area (Å²) in [7, 11) is -4.67. The van der Waals surface area contributed by atoms with Gasteiger partial charge in [-0.1, -0.05) is 77.6 Å². The minimum Gasteiger partial charge on any atom is -0.264 e. The van der Waals surface area contributed by atoms with Gasteiger partial charge in [0.05, 0.1) is 0 Å². The van der Waals surface area contributed by atoms with Gasteiger partial charge in [-0.05, 0) is 0 Å². The smallest absolute Gasteiger partial charge is 0.264 e. The molecule has 0 fully saturated rings. The van der Waals surface area contributed by atoms with E-state index in [0.29, 0.717) is 0 Å². The van der Waals surface area contributed by atoms with E-state index in [4.69, 9.17) is 17.5 Å². The van der Waals surface area contributed by atoms with E-state index in [1.54, 1.807) is 0 Å². The monoisotopic (exact) mass is 366 g/mol. The van der Waals surface area contributed by atoms with E-state index in [1.165, 1.54) is 76.2 Å². The second kappa shape index (κ2) is 17.9. The van der Waals surface area contributed by atoms with Crippen molar-refractivity contribution < 1.29 is 47.1 Å². The van der Waals surface area contributed by atoms with Crippen LogP contribution >= 0.6 is 0 Å². The third-order valence-electron chi connectivity index (χ3n) is 3.57. The molecule has 0 saturated carbocycles. The van der Waals surface area contributed by atoms with Crippen LogP contribution in [0.4, 0.5) is 0 Å². The molecule has 1 aromatic rings. The molecular formula is C18H31NaO4S. The summed E-state index contributed by atoms with van der Waals surface area (Å²) in [5, 5.41) is 0. The van der Waals surface area contributed by atoms with E-state index in [-0.39, 0.29) is 29.6 Å². The molecule has 1 rings (SSSR count). The number of aryl methyl sites for hydroxylation is 1. The number of benzene rings is 1. The van der Waals surface area contributed by atoms with Crippen LogP contribution in [0.2, 0.25) is 0 Å². The number of unbranched alkanes of at least 4 members (excludes halogenated alkanes) is 9. The maximum atomic E-state index is 8.74. The van der Waals surface area contributed by atoms with Crippen molar-refractivity contribution in [2.45, 2.75) is 77.6 Å². The largest absolute Gasteiger partial charge is 1.00 e. The number of hydrogen-bond donors (Lipinski definition) is 2. The van der Waals surface area contributed by atoms with Crippen molar-refractivity contribution in [1.82, 2.24) is 0 Å². The Hall–Kier alpha value is 0.0900. The number of rotatable bonds is 11. The predicted octanol–water partition coefficient (Wildman–Crippen LogP) is 2.30. The molecule has 0 spiro atoms. The molecule has 1 aromatic carbocycles. The minimum atomic E-state index is -4.67. The van der Waals surface area contributed by atoms with Crippen molar-refractivity contribution >= 4 is 10.4 Å². The first kappa shape index (κ1) is 26.3. The summed E-state index contributed by atoms with van der Waals surface area (Å²) in [5.41, 5.74) is 1.37. The molecule has 0 aromatic heterocycles. The van der Waals surface area contributed by atoms with Crippen LogP contribution in [0, 0.1) is 6.07 Å². The van der Waals surface area contributed by atoms with Crippen LogP contribution < -0.4 is 29.6 Å². The molecule has 134 valence electrons. The van der Waals surface area contributed by atoms with Crippen molar-refractivity contribution in [2.24, 2.45) is 0 Å². The molecule has 0 unspecified atom stereocenters. The minimum absolute atomic E-state index is 0. The molecule has 0 radical (unpaired) electrons. The number of hydrogen-bond acceptors (Lipinski definition) is 2. The Morgan fingerprint density at radius 3 is 1.75 bits per heavy atom. The van der Waals surface area contributed by atoms with Crippen molar-refractivity contribution in [3.8, 4) is 0 Å². The van der Waals surface area contributed by atoms with E-state index in [2.05, 4.69) is 25.1 Å². The van der Waals surface area contributed by atoms with Crippen molar-refractivity contribution in [1.29, 1.82) is 0 Å². The summed E-state index contributed by atoms with van der Waals surface area (Å²) >= 11 is 0. The fourth-order valence-corrected chi connectivity index (χ4v) is 2.39. The molecule has 24 heavy (non-hydrogen) atoms. The fraction of sp³-hybridized carbons (Fsp3) is 0.667. The zero-order valence-electron chi connectivity index (χ0n) is 15.2. The van der Waals surface area contributed by atoms with Crippen molar-refractivity contribution in [3.05, 3.63) is 35.9 Å². The van der Waals surface area contributed by atoms with Gasteiger partial charge in [0.2, 0.25) is 0 Å². The Morgan fingerprint density at radius 2 is 1.33 bits per heavy atom. The molecule has 2 N–H and O–H groups in total. The average molecular weight is 366 g/mol. The first-order chi connectivity index (χ1) is 10.9. The SMILES string of the molecule is CCCCCCCCCCCCc1[c-]cccc1.O=S(=O)(O)O.[Na+]. The zero-order valence-corrected chi connectivity index (χ0v) is 18.0. The van der Waals surface area contributed by atoms with Gasteiger partial charge in [-0.25, -0.2) is 0 Å². The first-order valence-electron chi connectivity index (χ1n) is 8.59. The molecule has 0 bridgehead atoms. The third-order valence-corrected chi connectivity index (χ3v) is 3.57. The topological polar surface area (TPSA) is 74.6 Å². The van der Waals surface area contributed by atoms with Gasteiger partial charge in [-0.2, -0.15) is 44.3 Å².